The quantitative estimate of drug-likeness (QED) is 0.604. The summed E-state index contributed by atoms with van der Waals surface area (Å²) < 4.78 is 0. The van der Waals surface area contributed by atoms with Crippen molar-refractivity contribution in [1.82, 2.24) is 0 Å². The number of hydrogen-bond donors (Lipinski definition) is 2. The number of anilines is 1. The Morgan fingerprint density at radius 1 is 1.59 bits per heavy atom. The molecule has 6 nitrogen and oxygen atoms in total. The lowest BCUT2D eigenvalue weighted by Gasteiger charge is -2.10. The minimum atomic E-state index is -0.937. The van der Waals surface area contributed by atoms with Gasteiger partial charge in [-0.1, -0.05) is 19.1 Å². The number of carbonyl (C=O) groups is 1. The predicted molar refractivity (Wildman–Crippen MR) is 63.1 cm³/mol. The van der Waals surface area contributed by atoms with Crippen LogP contribution in [-0.4, -0.2) is 22.5 Å². The number of benzene rings is 1. The van der Waals surface area contributed by atoms with Crippen molar-refractivity contribution in [3.05, 3.63) is 33.9 Å². The molecule has 6 heteroatoms. The van der Waals surface area contributed by atoms with Crippen LogP contribution in [0.3, 0.4) is 0 Å². The van der Waals surface area contributed by atoms with Gasteiger partial charge in [-0.25, -0.2) is 0 Å². The smallest absolute Gasteiger partial charge is 0.308 e. The Bertz CT molecular complexity index is 445. The monoisotopic (exact) mass is 238 g/mol. The van der Waals surface area contributed by atoms with E-state index in [9.17, 15) is 14.9 Å². The molecule has 0 saturated heterocycles. The molecule has 0 radical (unpaired) electrons. The number of hydrogen-bond acceptors (Lipinski definition) is 4. The summed E-state index contributed by atoms with van der Waals surface area (Å²) in [7, 11) is 0. The number of nitro groups is 1. The number of aryl methyl sites for hydroxylation is 1. The lowest BCUT2D eigenvalue weighted by atomic mass is 10.1. The molecule has 2 N–H and O–H groups in total. The van der Waals surface area contributed by atoms with Gasteiger partial charge in [0.25, 0.3) is 5.69 Å². The first kappa shape index (κ1) is 13.0. The zero-order valence-electron chi connectivity index (χ0n) is 9.64. The molecule has 1 aromatic carbocycles. The van der Waals surface area contributed by atoms with E-state index >= 15 is 0 Å². The molecule has 1 unspecified atom stereocenters. The average molecular weight is 238 g/mol. The third-order valence-corrected chi connectivity index (χ3v) is 2.44. The maximum absolute atomic E-state index is 10.9. The highest BCUT2D eigenvalue weighted by Crippen LogP contribution is 2.27. The molecule has 0 saturated carbocycles. The maximum atomic E-state index is 10.9. The molecule has 0 bridgehead atoms. The summed E-state index contributed by atoms with van der Waals surface area (Å²) >= 11 is 0. The van der Waals surface area contributed by atoms with Gasteiger partial charge in [-0.3, -0.25) is 14.9 Å². The Labute approximate surface area is 98.4 Å². The van der Waals surface area contributed by atoms with Crippen LogP contribution in [0, 0.1) is 23.0 Å². The van der Waals surface area contributed by atoms with E-state index in [2.05, 4.69) is 5.32 Å². The highest BCUT2D eigenvalue weighted by atomic mass is 16.6. The molecule has 1 atom stereocenters. The number of nitrogens with one attached hydrogen (secondary N) is 1. The summed E-state index contributed by atoms with van der Waals surface area (Å²) in [4.78, 5) is 21.0. The summed E-state index contributed by atoms with van der Waals surface area (Å²) in [6, 6.07) is 4.90. The van der Waals surface area contributed by atoms with Crippen molar-refractivity contribution in [2.24, 2.45) is 5.92 Å². The third-order valence-electron chi connectivity index (χ3n) is 2.44. The molecule has 0 fully saturated rings. The molecule has 0 heterocycles. The molecule has 0 spiro atoms. The van der Waals surface area contributed by atoms with Gasteiger partial charge >= 0.3 is 5.97 Å². The molecular formula is C11H14N2O4. The molecule has 0 aliphatic heterocycles. The van der Waals surface area contributed by atoms with Crippen LogP contribution in [0.2, 0.25) is 0 Å². The molecule has 0 aliphatic carbocycles. The van der Waals surface area contributed by atoms with E-state index < -0.39 is 16.8 Å². The van der Waals surface area contributed by atoms with Crippen molar-refractivity contribution < 1.29 is 14.8 Å². The van der Waals surface area contributed by atoms with E-state index in [1.54, 1.807) is 25.1 Å². The SMILES string of the molecule is Cc1cccc(NCC(C)C(=O)O)c1[N+](=O)[O-]. The van der Waals surface area contributed by atoms with Gasteiger partial charge in [0.15, 0.2) is 0 Å². The number of aliphatic carboxylic acids is 1. The number of para-hydroxylation sites is 1. The molecule has 1 aromatic rings. The van der Waals surface area contributed by atoms with Gasteiger partial charge in [0.2, 0.25) is 0 Å². The lowest BCUT2D eigenvalue weighted by molar-refractivity contribution is -0.384. The van der Waals surface area contributed by atoms with Crippen LogP contribution in [0.1, 0.15) is 12.5 Å². The minimum absolute atomic E-state index is 0.00918. The maximum Gasteiger partial charge on any atom is 0.308 e. The van der Waals surface area contributed by atoms with E-state index in [1.165, 1.54) is 6.92 Å². The van der Waals surface area contributed by atoms with E-state index in [4.69, 9.17) is 5.11 Å². The normalized spacial score (nSPS) is 11.9. The fraction of sp³-hybridized carbons (Fsp3) is 0.364. The van der Waals surface area contributed by atoms with Crippen molar-refractivity contribution in [3.63, 3.8) is 0 Å². The lowest BCUT2D eigenvalue weighted by Crippen LogP contribution is -2.20. The van der Waals surface area contributed by atoms with Gasteiger partial charge in [0.05, 0.1) is 10.8 Å². The fourth-order valence-electron chi connectivity index (χ4n) is 1.39. The fourth-order valence-corrected chi connectivity index (χ4v) is 1.39. The van der Waals surface area contributed by atoms with Gasteiger partial charge in [0, 0.05) is 12.1 Å². The summed E-state index contributed by atoms with van der Waals surface area (Å²) in [5, 5.41) is 22.4. The van der Waals surface area contributed by atoms with Gasteiger partial charge in [-0.05, 0) is 13.0 Å². The number of nitrogens with zero attached hydrogens (tertiary/aromatic N) is 1. The minimum Gasteiger partial charge on any atom is -0.481 e. The third kappa shape index (κ3) is 3.17. The van der Waals surface area contributed by atoms with Crippen LogP contribution in [0.25, 0.3) is 0 Å². The standard InChI is InChI=1S/C11H14N2O4/c1-7-4-3-5-9(10(7)13(16)17)12-6-8(2)11(14)15/h3-5,8,12H,6H2,1-2H3,(H,14,15). The predicted octanol–water partition coefficient (Wildman–Crippen LogP) is 2.04. The zero-order chi connectivity index (χ0) is 13.0. The van der Waals surface area contributed by atoms with Gasteiger partial charge in [-0.15, -0.1) is 0 Å². The summed E-state index contributed by atoms with van der Waals surface area (Å²) in [6.07, 6.45) is 0. The van der Waals surface area contributed by atoms with Gasteiger partial charge in [0.1, 0.15) is 5.69 Å². The Morgan fingerprint density at radius 3 is 2.76 bits per heavy atom. The van der Waals surface area contributed by atoms with Crippen molar-refractivity contribution in [3.8, 4) is 0 Å². The zero-order valence-corrected chi connectivity index (χ0v) is 9.64. The first-order valence-corrected chi connectivity index (χ1v) is 5.14. The molecular weight excluding hydrogens is 224 g/mol. The molecule has 0 amide bonds. The molecule has 0 aromatic heterocycles. The largest absolute Gasteiger partial charge is 0.481 e. The first-order valence-electron chi connectivity index (χ1n) is 5.14. The highest BCUT2D eigenvalue weighted by Gasteiger charge is 2.18. The average Bonchev–Trinajstić information content (AvgIpc) is 2.24. The van der Waals surface area contributed by atoms with Crippen molar-refractivity contribution in [2.75, 3.05) is 11.9 Å². The summed E-state index contributed by atoms with van der Waals surface area (Å²) in [6.45, 7) is 3.33. The van der Waals surface area contributed by atoms with Gasteiger partial charge < -0.3 is 10.4 Å². The Morgan fingerprint density at radius 2 is 2.24 bits per heavy atom. The number of rotatable bonds is 5. The summed E-state index contributed by atoms with van der Waals surface area (Å²) in [5.41, 5.74) is 0.885. The second-order valence-corrected chi connectivity index (χ2v) is 3.85. The number of nitro benzene ring substituents is 1. The van der Waals surface area contributed by atoms with Crippen molar-refractivity contribution in [2.45, 2.75) is 13.8 Å². The van der Waals surface area contributed by atoms with Crippen LogP contribution in [0.4, 0.5) is 11.4 Å². The van der Waals surface area contributed by atoms with E-state index in [-0.39, 0.29) is 12.2 Å². The number of carboxylic acid groups (broad SMARTS) is 1. The van der Waals surface area contributed by atoms with Crippen LogP contribution >= 0.6 is 0 Å². The second-order valence-electron chi connectivity index (χ2n) is 3.85. The van der Waals surface area contributed by atoms with E-state index in [0.717, 1.165) is 0 Å². The summed E-state index contributed by atoms with van der Waals surface area (Å²) in [5.74, 6) is -1.54. The van der Waals surface area contributed by atoms with E-state index in [0.29, 0.717) is 11.3 Å². The number of carboxylic acids is 1. The molecule has 1 rings (SSSR count). The van der Waals surface area contributed by atoms with Crippen molar-refractivity contribution in [1.29, 1.82) is 0 Å². The van der Waals surface area contributed by atoms with E-state index in [1.807, 2.05) is 0 Å². The molecule has 0 aliphatic rings. The molecule has 17 heavy (non-hydrogen) atoms. The Kier molecular flexibility index (Phi) is 4.03. The van der Waals surface area contributed by atoms with Crippen LogP contribution < -0.4 is 5.32 Å². The Balaban J connectivity index is 2.88. The van der Waals surface area contributed by atoms with Gasteiger partial charge in [-0.2, -0.15) is 0 Å². The van der Waals surface area contributed by atoms with Crippen LogP contribution in [0.5, 0.6) is 0 Å². The first-order chi connectivity index (χ1) is 7.93. The van der Waals surface area contributed by atoms with Crippen LogP contribution in [-0.2, 0) is 4.79 Å². The molecule has 92 valence electrons. The van der Waals surface area contributed by atoms with Crippen molar-refractivity contribution >= 4 is 17.3 Å². The topological polar surface area (TPSA) is 92.5 Å². The van der Waals surface area contributed by atoms with Crippen LogP contribution in [0.15, 0.2) is 18.2 Å². The second kappa shape index (κ2) is 5.29. The Hall–Kier alpha value is -2.11. The highest BCUT2D eigenvalue weighted by molar-refractivity contribution is 5.71.